The Morgan fingerprint density at radius 3 is 2.48 bits per heavy atom. The van der Waals surface area contributed by atoms with Crippen molar-refractivity contribution in [2.24, 2.45) is 4.99 Å². The molecule has 3 rings (SSSR count). The molecule has 0 spiro atoms. The van der Waals surface area contributed by atoms with Gasteiger partial charge in [0.15, 0.2) is 0 Å². The highest BCUT2D eigenvalue weighted by molar-refractivity contribution is 5.97. The van der Waals surface area contributed by atoms with E-state index in [2.05, 4.69) is 31.4 Å². The maximum absolute atomic E-state index is 12.2. The summed E-state index contributed by atoms with van der Waals surface area (Å²) in [5, 5.41) is 0. The summed E-state index contributed by atoms with van der Waals surface area (Å²) in [6.07, 6.45) is 0.910. The lowest BCUT2D eigenvalue weighted by molar-refractivity contribution is -0.587. The standard InChI is InChI=1S/C18H19N3O.ClH/c1-18(2)12-14-10-6-7-11-15(14)16(19-18)20-21-17(22)13-8-4-3-5-9-13;/h3-11H,12H2,1-2H3,(H,19,20)(H,21,22);1H. The third-order valence-electron chi connectivity index (χ3n) is 3.72. The number of rotatable bonds is 1. The Bertz CT molecular complexity index is 726. The summed E-state index contributed by atoms with van der Waals surface area (Å²) in [6.45, 7) is 4.21. The third kappa shape index (κ3) is 3.97. The van der Waals surface area contributed by atoms with Gasteiger partial charge < -0.3 is 12.4 Å². The summed E-state index contributed by atoms with van der Waals surface area (Å²) in [6, 6.07) is 17.4. The van der Waals surface area contributed by atoms with Crippen molar-refractivity contribution >= 4 is 11.7 Å². The Morgan fingerprint density at radius 1 is 1.09 bits per heavy atom. The minimum absolute atomic E-state index is 0. The van der Waals surface area contributed by atoms with E-state index in [1.165, 1.54) is 5.56 Å². The van der Waals surface area contributed by atoms with E-state index < -0.39 is 0 Å². The minimum atomic E-state index is -0.155. The van der Waals surface area contributed by atoms with Gasteiger partial charge in [0, 0.05) is 5.56 Å². The Hall–Kier alpha value is -2.17. The molecule has 0 fully saturated rings. The molecule has 0 radical (unpaired) electrons. The molecule has 0 unspecified atom stereocenters. The SMILES string of the molecule is CC1(C)Cc2ccccc2C([NH2+]NC(=O)c2ccccc2)=N1.[Cl-]. The van der Waals surface area contributed by atoms with Crippen molar-refractivity contribution in [1.82, 2.24) is 5.43 Å². The highest BCUT2D eigenvalue weighted by atomic mass is 35.5. The van der Waals surface area contributed by atoms with Crippen molar-refractivity contribution in [2.45, 2.75) is 25.8 Å². The third-order valence-corrected chi connectivity index (χ3v) is 3.72. The van der Waals surface area contributed by atoms with Gasteiger partial charge in [0.25, 0.3) is 11.7 Å². The normalized spacial score (nSPS) is 15.0. The van der Waals surface area contributed by atoms with Crippen LogP contribution in [0.2, 0.25) is 0 Å². The van der Waals surface area contributed by atoms with Crippen molar-refractivity contribution in [3.8, 4) is 0 Å². The second-order valence-corrected chi connectivity index (χ2v) is 6.13. The molecular weight excluding hydrogens is 310 g/mol. The lowest BCUT2D eigenvalue weighted by atomic mass is 9.89. The zero-order valence-electron chi connectivity index (χ0n) is 13.2. The predicted molar refractivity (Wildman–Crippen MR) is 86.6 cm³/mol. The number of quaternary nitrogens is 1. The van der Waals surface area contributed by atoms with Gasteiger partial charge in [0.2, 0.25) is 0 Å². The van der Waals surface area contributed by atoms with Gasteiger partial charge in [0.1, 0.15) is 0 Å². The van der Waals surface area contributed by atoms with Crippen LogP contribution < -0.4 is 23.3 Å². The van der Waals surface area contributed by atoms with Crippen molar-refractivity contribution in [2.75, 3.05) is 0 Å². The molecule has 5 heteroatoms. The molecule has 3 N–H and O–H groups in total. The summed E-state index contributed by atoms with van der Waals surface area (Å²) >= 11 is 0. The van der Waals surface area contributed by atoms with Gasteiger partial charge in [-0.1, -0.05) is 36.4 Å². The topological polar surface area (TPSA) is 58.1 Å². The van der Waals surface area contributed by atoms with E-state index in [4.69, 9.17) is 4.99 Å². The van der Waals surface area contributed by atoms with Gasteiger partial charge in [-0.15, -0.1) is 0 Å². The van der Waals surface area contributed by atoms with Gasteiger partial charge in [-0.2, -0.15) is 10.9 Å². The molecule has 1 heterocycles. The molecule has 0 aromatic heterocycles. The van der Waals surface area contributed by atoms with E-state index in [0.29, 0.717) is 5.56 Å². The van der Waals surface area contributed by atoms with Crippen LogP contribution in [0.25, 0.3) is 0 Å². The Labute approximate surface area is 142 Å². The fourth-order valence-corrected chi connectivity index (χ4v) is 2.73. The Morgan fingerprint density at radius 2 is 1.74 bits per heavy atom. The maximum Gasteiger partial charge on any atom is 0.296 e. The molecule has 0 saturated carbocycles. The quantitative estimate of drug-likeness (QED) is 0.381. The van der Waals surface area contributed by atoms with Crippen molar-refractivity contribution in [1.29, 1.82) is 0 Å². The number of carbonyl (C=O) groups excluding carboxylic acids is 1. The average Bonchev–Trinajstić information content (AvgIpc) is 2.52. The highest BCUT2D eigenvalue weighted by Gasteiger charge is 2.29. The number of nitrogens with zero attached hydrogens (tertiary/aromatic N) is 1. The lowest BCUT2D eigenvalue weighted by Gasteiger charge is -2.26. The number of nitrogens with one attached hydrogen (secondary N) is 1. The Kier molecular flexibility index (Phi) is 5.19. The number of halogens is 1. The number of carbonyl (C=O) groups is 1. The van der Waals surface area contributed by atoms with E-state index in [1.807, 2.05) is 30.3 Å². The van der Waals surface area contributed by atoms with E-state index in [0.717, 1.165) is 17.8 Å². The average molecular weight is 330 g/mol. The first-order valence-electron chi connectivity index (χ1n) is 7.42. The number of hydrogen-bond acceptors (Lipinski definition) is 2. The van der Waals surface area contributed by atoms with Gasteiger partial charge >= 0.3 is 0 Å². The van der Waals surface area contributed by atoms with E-state index in [1.54, 1.807) is 17.6 Å². The first-order chi connectivity index (χ1) is 10.6. The number of amides is 1. The van der Waals surface area contributed by atoms with Crippen LogP contribution in [-0.4, -0.2) is 17.3 Å². The lowest BCUT2D eigenvalue weighted by Crippen LogP contribution is -3.00. The molecule has 0 saturated heterocycles. The van der Waals surface area contributed by atoms with Crippen LogP contribution in [0.5, 0.6) is 0 Å². The monoisotopic (exact) mass is 329 g/mol. The molecule has 23 heavy (non-hydrogen) atoms. The first kappa shape index (κ1) is 17.2. The molecule has 1 aliphatic rings. The summed E-state index contributed by atoms with van der Waals surface area (Å²) in [4.78, 5) is 16.9. The second kappa shape index (κ2) is 6.94. The van der Waals surface area contributed by atoms with Crippen molar-refractivity contribution < 1.29 is 22.6 Å². The highest BCUT2D eigenvalue weighted by Crippen LogP contribution is 2.24. The molecule has 0 atom stereocenters. The van der Waals surface area contributed by atoms with Crippen LogP contribution in [0.1, 0.15) is 35.3 Å². The van der Waals surface area contributed by atoms with Gasteiger partial charge in [-0.05, 0) is 44.0 Å². The zero-order chi connectivity index (χ0) is 15.6. The van der Waals surface area contributed by atoms with Gasteiger partial charge in [-0.3, -0.25) is 4.79 Å². The predicted octanol–water partition coefficient (Wildman–Crippen LogP) is -1.32. The number of amidine groups is 1. The second-order valence-electron chi connectivity index (χ2n) is 6.13. The molecule has 4 nitrogen and oxygen atoms in total. The number of aliphatic imine (C=N–C) groups is 1. The first-order valence-corrected chi connectivity index (χ1v) is 7.42. The number of fused-ring (bicyclic) bond motifs is 1. The fraction of sp³-hybridized carbons (Fsp3) is 0.222. The molecule has 0 aliphatic carbocycles. The van der Waals surface area contributed by atoms with E-state index in [-0.39, 0.29) is 23.9 Å². The molecule has 1 aliphatic heterocycles. The van der Waals surface area contributed by atoms with Crippen molar-refractivity contribution in [3.05, 3.63) is 71.3 Å². The van der Waals surface area contributed by atoms with E-state index in [9.17, 15) is 4.79 Å². The smallest absolute Gasteiger partial charge is 0.296 e. The number of nitrogens with two attached hydrogens (primary N) is 1. The molecule has 2 aromatic rings. The maximum atomic E-state index is 12.2. The zero-order valence-corrected chi connectivity index (χ0v) is 14.0. The molecule has 2 aromatic carbocycles. The summed E-state index contributed by atoms with van der Waals surface area (Å²) < 4.78 is 0. The summed E-state index contributed by atoms with van der Waals surface area (Å²) in [5.74, 6) is 0.709. The largest absolute Gasteiger partial charge is 1.00 e. The van der Waals surface area contributed by atoms with Crippen LogP contribution in [0.15, 0.2) is 59.6 Å². The molecule has 1 amide bonds. The molecule has 0 bridgehead atoms. The summed E-state index contributed by atoms with van der Waals surface area (Å²) in [7, 11) is 0. The number of hydrogen-bond donors (Lipinski definition) is 2. The summed E-state index contributed by atoms with van der Waals surface area (Å²) in [5.41, 5.74) is 7.42. The van der Waals surface area contributed by atoms with Crippen LogP contribution in [0.3, 0.4) is 0 Å². The number of nitrogen functional groups attached to an aromatic ring is 1. The van der Waals surface area contributed by atoms with E-state index >= 15 is 0 Å². The van der Waals surface area contributed by atoms with Gasteiger partial charge in [0.05, 0.1) is 11.1 Å². The van der Waals surface area contributed by atoms with Crippen LogP contribution in [0, 0.1) is 0 Å². The van der Waals surface area contributed by atoms with Crippen LogP contribution in [-0.2, 0) is 6.42 Å². The molecule has 120 valence electrons. The Balaban J connectivity index is 0.00000192. The van der Waals surface area contributed by atoms with Crippen molar-refractivity contribution in [3.63, 3.8) is 0 Å². The molecular formula is C18H20ClN3O. The minimum Gasteiger partial charge on any atom is -1.00 e. The van der Waals surface area contributed by atoms with Crippen LogP contribution >= 0.6 is 0 Å². The number of benzene rings is 2. The van der Waals surface area contributed by atoms with Crippen LogP contribution in [0.4, 0.5) is 0 Å². The fourth-order valence-electron chi connectivity index (χ4n) is 2.73. The van der Waals surface area contributed by atoms with Gasteiger partial charge in [-0.25, -0.2) is 4.99 Å².